The average Bonchev–Trinajstić information content (AvgIpc) is 2.29. The maximum Gasteiger partial charge on any atom is 0.125 e. The molecule has 0 bridgehead atoms. The van der Waals surface area contributed by atoms with Gasteiger partial charge in [-0.1, -0.05) is 25.1 Å². The third kappa shape index (κ3) is 2.13. The standard InChI is InChI=1S/C12H17NO2/c1-2-7-13-10-8-15-11-6-4-3-5-9(11)12(10)14/h3-6,10,12-14H,2,7-8H2,1H3/t10-,12-/m0/s1. The van der Waals surface area contributed by atoms with Crippen molar-refractivity contribution in [3.63, 3.8) is 0 Å². The van der Waals surface area contributed by atoms with Crippen LogP contribution in [0.5, 0.6) is 5.75 Å². The molecule has 0 saturated carbocycles. The molecule has 0 unspecified atom stereocenters. The number of ether oxygens (including phenoxy) is 1. The lowest BCUT2D eigenvalue weighted by molar-refractivity contribution is 0.0738. The number of fused-ring (bicyclic) bond motifs is 1. The zero-order chi connectivity index (χ0) is 10.7. The van der Waals surface area contributed by atoms with E-state index in [0.29, 0.717) is 6.61 Å². The topological polar surface area (TPSA) is 41.5 Å². The van der Waals surface area contributed by atoms with Gasteiger partial charge < -0.3 is 15.2 Å². The Morgan fingerprint density at radius 1 is 1.47 bits per heavy atom. The summed E-state index contributed by atoms with van der Waals surface area (Å²) in [5, 5.41) is 13.4. The quantitative estimate of drug-likeness (QED) is 0.789. The first kappa shape index (κ1) is 10.5. The van der Waals surface area contributed by atoms with Crippen LogP contribution in [0.2, 0.25) is 0 Å². The molecule has 1 aliphatic heterocycles. The lowest BCUT2D eigenvalue weighted by Gasteiger charge is -2.30. The average molecular weight is 207 g/mol. The van der Waals surface area contributed by atoms with Crippen LogP contribution in [0.25, 0.3) is 0 Å². The number of para-hydroxylation sites is 1. The number of hydrogen-bond donors (Lipinski definition) is 2. The number of benzene rings is 1. The zero-order valence-electron chi connectivity index (χ0n) is 8.94. The molecule has 0 fully saturated rings. The molecule has 0 radical (unpaired) electrons. The second kappa shape index (κ2) is 4.64. The Labute approximate surface area is 90.1 Å². The fraction of sp³-hybridized carbons (Fsp3) is 0.500. The number of aliphatic hydroxyl groups excluding tert-OH is 1. The summed E-state index contributed by atoms with van der Waals surface area (Å²) in [7, 11) is 0. The van der Waals surface area contributed by atoms with Crippen LogP contribution in [0.4, 0.5) is 0 Å². The summed E-state index contributed by atoms with van der Waals surface area (Å²) >= 11 is 0. The summed E-state index contributed by atoms with van der Waals surface area (Å²) in [6.45, 7) is 3.56. The highest BCUT2D eigenvalue weighted by molar-refractivity contribution is 5.37. The van der Waals surface area contributed by atoms with Crippen molar-refractivity contribution >= 4 is 0 Å². The van der Waals surface area contributed by atoms with Gasteiger partial charge in [0, 0.05) is 5.56 Å². The third-order valence-corrected chi connectivity index (χ3v) is 2.69. The Morgan fingerprint density at radius 2 is 2.27 bits per heavy atom. The maximum absolute atomic E-state index is 10.1. The van der Waals surface area contributed by atoms with Gasteiger partial charge in [-0.3, -0.25) is 0 Å². The second-order valence-corrected chi connectivity index (χ2v) is 3.85. The van der Waals surface area contributed by atoms with E-state index in [-0.39, 0.29) is 6.04 Å². The van der Waals surface area contributed by atoms with E-state index in [1.54, 1.807) is 0 Å². The van der Waals surface area contributed by atoms with E-state index in [1.807, 2.05) is 24.3 Å². The van der Waals surface area contributed by atoms with Crippen LogP contribution >= 0.6 is 0 Å². The lowest BCUT2D eigenvalue weighted by atomic mass is 9.99. The number of aliphatic hydroxyl groups is 1. The molecule has 3 heteroatoms. The van der Waals surface area contributed by atoms with Crippen molar-refractivity contribution in [3.8, 4) is 5.75 Å². The first-order valence-electron chi connectivity index (χ1n) is 5.46. The molecular weight excluding hydrogens is 190 g/mol. The molecule has 0 aliphatic carbocycles. The highest BCUT2D eigenvalue weighted by Gasteiger charge is 2.28. The van der Waals surface area contributed by atoms with Gasteiger partial charge in [0.1, 0.15) is 18.5 Å². The van der Waals surface area contributed by atoms with Crippen molar-refractivity contribution in [1.29, 1.82) is 0 Å². The Balaban J connectivity index is 2.11. The summed E-state index contributed by atoms with van der Waals surface area (Å²) in [5.74, 6) is 0.805. The molecule has 1 aromatic rings. The van der Waals surface area contributed by atoms with Crippen LogP contribution in [-0.2, 0) is 0 Å². The molecule has 0 spiro atoms. The van der Waals surface area contributed by atoms with Crippen LogP contribution in [-0.4, -0.2) is 24.3 Å². The minimum absolute atomic E-state index is 0.0137. The van der Waals surface area contributed by atoms with Gasteiger partial charge in [-0.25, -0.2) is 0 Å². The van der Waals surface area contributed by atoms with Crippen molar-refractivity contribution in [2.75, 3.05) is 13.2 Å². The Kier molecular flexibility index (Phi) is 3.23. The van der Waals surface area contributed by atoms with Gasteiger partial charge in [-0.2, -0.15) is 0 Å². The fourth-order valence-corrected chi connectivity index (χ4v) is 1.84. The van der Waals surface area contributed by atoms with Crippen molar-refractivity contribution in [3.05, 3.63) is 29.8 Å². The zero-order valence-corrected chi connectivity index (χ0v) is 8.94. The van der Waals surface area contributed by atoms with E-state index < -0.39 is 6.10 Å². The van der Waals surface area contributed by atoms with Crippen LogP contribution in [0, 0.1) is 0 Å². The maximum atomic E-state index is 10.1. The van der Waals surface area contributed by atoms with Crippen molar-refractivity contribution in [2.45, 2.75) is 25.5 Å². The molecule has 1 heterocycles. The molecule has 2 N–H and O–H groups in total. The van der Waals surface area contributed by atoms with Crippen LogP contribution in [0.15, 0.2) is 24.3 Å². The highest BCUT2D eigenvalue weighted by atomic mass is 16.5. The largest absolute Gasteiger partial charge is 0.491 e. The Bertz CT molecular complexity index is 327. The molecule has 2 atom stereocenters. The summed E-state index contributed by atoms with van der Waals surface area (Å²) in [4.78, 5) is 0. The Hall–Kier alpha value is -1.06. The van der Waals surface area contributed by atoms with Gasteiger partial charge in [-0.15, -0.1) is 0 Å². The predicted molar refractivity (Wildman–Crippen MR) is 59.0 cm³/mol. The molecule has 0 amide bonds. The number of nitrogens with one attached hydrogen (secondary N) is 1. The van der Waals surface area contributed by atoms with E-state index in [1.165, 1.54) is 0 Å². The lowest BCUT2D eigenvalue weighted by Crippen LogP contribution is -2.42. The van der Waals surface area contributed by atoms with Crippen LogP contribution in [0.3, 0.4) is 0 Å². The molecule has 2 rings (SSSR count). The van der Waals surface area contributed by atoms with Crippen molar-refractivity contribution < 1.29 is 9.84 Å². The van der Waals surface area contributed by atoms with Gasteiger partial charge in [0.25, 0.3) is 0 Å². The van der Waals surface area contributed by atoms with E-state index in [9.17, 15) is 5.11 Å². The van der Waals surface area contributed by atoms with Gasteiger partial charge >= 0.3 is 0 Å². The number of hydrogen-bond acceptors (Lipinski definition) is 3. The second-order valence-electron chi connectivity index (χ2n) is 3.85. The normalized spacial score (nSPS) is 24.4. The molecule has 1 aliphatic rings. The van der Waals surface area contributed by atoms with E-state index in [4.69, 9.17) is 4.74 Å². The molecule has 1 aromatic carbocycles. The predicted octanol–water partition coefficient (Wildman–Crippen LogP) is 1.48. The third-order valence-electron chi connectivity index (χ3n) is 2.69. The van der Waals surface area contributed by atoms with E-state index in [2.05, 4.69) is 12.2 Å². The monoisotopic (exact) mass is 207 g/mol. The number of rotatable bonds is 3. The minimum atomic E-state index is -0.457. The van der Waals surface area contributed by atoms with Crippen LogP contribution in [0.1, 0.15) is 25.0 Å². The first-order valence-corrected chi connectivity index (χ1v) is 5.46. The molecular formula is C12H17NO2. The van der Waals surface area contributed by atoms with Gasteiger partial charge in [0.2, 0.25) is 0 Å². The first-order chi connectivity index (χ1) is 7.33. The van der Waals surface area contributed by atoms with E-state index >= 15 is 0 Å². The van der Waals surface area contributed by atoms with Gasteiger partial charge in [-0.05, 0) is 19.0 Å². The Morgan fingerprint density at radius 3 is 3.07 bits per heavy atom. The summed E-state index contributed by atoms with van der Waals surface area (Å²) in [6, 6.07) is 7.67. The molecule has 0 saturated heterocycles. The van der Waals surface area contributed by atoms with E-state index in [0.717, 1.165) is 24.3 Å². The SMILES string of the molecule is CCCN[C@H]1COc2ccccc2[C@@H]1O. The van der Waals surface area contributed by atoms with Crippen molar-refractivity contribution in [1.82, 2.24) is 5.32 Å². The van der Waals surface area contributed by atoms with Gasteiger partial charge in [0.15, 0.2) is 0 Å². The molecule has 3 nitrogen and oxygen atoms in total. The summed E-state index contributed by atoms with van der Waals surface area (Å²) in [5.41, 5.74) is 0.886. The summed E-state index contributed by atoms with van der Waals surface area (Å²) in [6.07, 6.45) is 0.603. The fourth-order valence-electron chi connectivity index (χ4n) is 1.84. The molecule has 82 valence electrons. The van der Waals surface area contributed by atoms with Crippen molar-refractivity contribution in [2.24, 2.45) is 0 Å². The van der Waals surface area contributed by atoms with Gasteiger partial charge in [0.05, 0.1) is 6.04 Å². The molecule has 0 aromatic heterocycles. The summed E-state index contributed by atoms with van der Waals surface area (Å²) < 4.78 is 5.58. The molecule has 15 heavy (non-hydrogen) atoms. The smallest absolute Gasteiger partial charge is 0.125 e. The minimum Gasteiger partial charge on any atom is -0.491 e. The van der Waals surface area contributed by atoms with Crippen LogP contribution < -0.4 is 10.1 Å². The highest BCUT2D eigenvalue weighted by Crippen LogP contribution is 2.31.